The van der Waals surface area contributed by atoms with Crippen molar-refractivity contribution in [2.75, 3.05) is 5.32 Å². The zero-order valence-electron chi connectivity index (χ0n) is 24.5. The van der Waals surface area contributed by atoms with Gasteiger partial charge in [-0.05, 0) is 72.6 Å². The van der Waals surface area contributed by atoms with Crippen molar-refractivity contribution in [1.82, 2.24) is 0 Å². The maximum absolute atomic E-state index is 5.35. The third-order valence-electron chi connectivity index (χ3n) is 7.69. The minimum absolute atomic E-state index is 0.414. The first kappa shape index (κ1) is 28.8. The van der Waals surface area contributed by atoms with Gasteiger partial charge in [-0.3, -0.25) is 4.99 Å². The molecule has 3 heteroatoms. The van der Waals surface area contributed by atoms with Crippen molar-refractivity contribution in [3.8, 4) is 0 Å². The molecule has 1 aliphatic heterocycles. The first-order valence-electron chi connectivity index (χ1n) is 14.2. The highest BCUT2D eigenvalue weighted by Crippen LogP contribution is 2.40. The van der Waals surface area contributed by atoms with E-state index < -0.39 is 0 Å². The Morgan fingerprint density at radius 3 is 1.69 bits per heavy atom. The smallest absolute Gasteiger partial charge is 0.0698 e. The van der Waals surface area contributed by atoms with Gasteiger partial charge in [-0.2, -0.15) is 0 Å². The molecule has 2 aromatic rings. The zero-order valence-corrected chi connectivity index (χ0v) is 25.3. The third kappa shape index (κ3) is 6.77. The molecule has 36 heavy (non-hydrogen) atoms. The average Bonchev–Trinajstić information content (AvgIpc) is 2.83. The Balaban J connectivity index is 1.84. The summed E-state index contributed by atoms with van der Waals surface area (Å²) < 4.78 is 0. The van der Waals surface area contributed by atoms with Gasteiger partial charge in [0.25, 0.3) is 0 Å². The van der Waals surface area contributed by atoms with Crippen molar-refractivity contribution < 1.29 is 0 Å². The van der Waals surface area contributed by atoms with Crippen LogP contribution in [0.15, 0.2) is 41.4 Å². The summed E-state index contributed by atoms with van der Waals surface area (Å²) in [4.78, 5) is 5.35. The van der Waals surface area contributed by atoms with Gasteiger partial charge >= 0.3 is 0 Å². The molecular formula is C33H50N2S. The highest BCUT2D eigenvalue weighted by atomic mass is 32.2. The molecule has 1 heterocycles. The number of hydrogen-bond acceptors (Lipinski definition) is 3. The van der Waals surface area contributed by atoms with Crippen LogP contribution in [0.1, 0.15) is 134 Å². The van der Waals surface area contributed by atoms with Gasteiger partial charge in [-0.25, -0.2) is 0 Å². The van der Waals surface area contributed by atoms with Crippen molar-refractivity contribution in [3.63, 3.8) is 0 Å². The Morgan fingerprint density at radius 2 is 1.22 bits per heavy atom. The maximum atomic E-state index is 5.35. The lowest BCUT2D eigenvalue weighted by Gasteiger charge is -2.35. The number of aliphatic imine (C=N–C) groups is 1. The Bertz CT molecular complexity index is 981. The minimum atomic E-state index is 0.414. The number of para-hydroxylation sites is 2. The molecule has 0 amide bonds. The predicted octanol–water partition coefficient (Wildman–Crippen LogP) is 10.4. The maximum Gasteiger partial charge on any atom is 0.0698 e. The minimum Gasteiger partial charge on any atom is -0.381 e. The Labute approximate surface area is 226 Å². The predicted molar refractivity (Wildman–Crippen MR) is 164 cm³/mol. The molecule has 3 atom stereocenters. The topological polar surface area (TPSA) is 24.4 Å². The molecule has 1 N–H and O–H groups in total. The summed E-state index contributed by atoms with van der Waals surface area (Å²) in [6, 6.07) is 14.0. The van der Waals surface area contributed by atoms with E-state index in [4.69, 9.17) is 4.99 Å². The van der Waals surface area contributed by atoms with Crippen LogP contribution in [0.4, 0.5) is 11.4 Å². The van der Waals surface area contributed by atoms with Gasteiger partial charge in [-0.1, -0.05) is 98.2 Å². The van der Waals surface area contributed by atoms with E-state index in [1.807, 2.05) is 0 Å². The highest BCUT2D eigenvalue weighted by Gasteiger charge is 2.29. The highest BCUT2D eigenvalue weighted by molar-refractivity contribution is 8.01. The molecule has 0 spiro atoms. The van der Waals surface area contributed by atoms with Crippen molar-refractivity contribution in [2.24, 2.45) is 4.99 Å². The fourth-order valence-corrected chi connectivity index (χ4v) is 7.04. The van der Waals surface area contributed by atoms with E-state index in [0.29, 0.717) is 40.2 Å². The van der Waals surface area contributed by atoms with Crippen molar-refractivity contribution >= 4 is 28.8 Å². The standard InChI is InChI=1S/C33H50N2S/c1-20(2)26-14-11-15-27(21(3)4)32(26)34-24(9)30-18-13-19-31(36-30)25(10)35-33-28(22(5)6)16-12-17-29(33)23(7)8/h11-12,14-17,20-24,30-31,34H,13,18-19H2,1-10H3/b35-25+. The third-order valence-corrected chi connectivity index (χ3v) is 9.59. The van der Waals surface area contributed by atoms with Gasteiger partial charge in [0.15, 0.2) is 0 Å². The molecule has 1 aliphatic rings. The summed E-state index contributed by atoms with van der Waals surface area (Å²) >= 11 is 2.15. The average molecular weight is 507 g/mol. The van der Waals surface area contributed by atoms with Crippen molar-refractivity contribution in [3.05, 3.63) is 58.7 Å². The van der Waals surface area contributed by atoms with Crippen LogP contribution in [0, 0.1) is 0 Å². The second-order valence-corrected chi connectivity index (χ2v) is 13.4. The summed E-state index contributed by atoms with van der Waals surface area (Å²) in [6.07, 6.45) is 3.76. The van der Waals surface area contributed by atoms with Crippen LogP contribution < -0.4 is 5.32 Å². The molecule has 0 aliphatic carbocycles. The zero-order chi connectivity index (χ0) is 26.6. The number of thioether (sulfide) groups is 1. The van der Waals surface area contributed by atoms with E-state index in [2.05, 4.69) is 123 Å². The lowest BCUT2D eigenvalue weighted by atomic mass is 9.92. The second-order valence-electron chi connectivity index (χ2n) is 12.0. The summed E-state index contributed by atoms with van der Waals surface area (Å²) in [6.45, 7) is 23.0. The molecule has 0 radical (unpaired) electrons. The molecule has 2 nitrogen and oxygen atoms in total. The van der Waals surface area contributed by atoms with Gasteiger partial charge in [0.05, 0.1) is 5.69 Å². The van der Waals surface area contributed by atoms with E-state index in [-0.39, 0.29) is 0 Å². The molecule has 0 saturated carbocycles. The summed E-state index contributed by atoms with van der Waals surface area (Å²) in [7, 11) is 0. The number of nitrogens with one attached hydrogen (secondary N) is 1. The largest absolute Gasteiger partial charge is 0.381 e. The van der Waals surface area contributed by atoms with Gasteiger partial charge in [0.1, 0.15) is 0 Å². The van der Waals surface area contributed by atoms with Gasteiger partial charge in [0, 0.05) is 27.9 Å². The fourth-order valence-electron chi connectivity index (χ4n) is 5.45. The van der Waals surface area contributed by atoms with E-state index in [1.165, 1.54) is 58.6 Å². The fraction of sp³-hybridized carbons (Fsp3) is 0.606. The second kappa shape index (κ2) is 12.7. The van der Waals surface area contributed by atoms with Crippen LogP contribution in [0.25, 0.3) is 0 Å². The number of nitrogens with zero attached hydrogens (tertiary/aromatic N) is 1. The first-order chi connectivity index (χ1) is 17.0. The van der Waals surface area contributed by atoms with E-state index in [0.717, 1.165) is 0 Å². The molecule has 0 aromatic heterocycles. The van der Waals surface area contributed by atoms with Crippen LogP contribution in [0.3, 0.4) is 0 Å². The van der Waals surface area contributed by atoms with E-state index in [1.54, 1.807) is 0 Å². The molecule has 3 rings (SSSR count). The van der Waals surface area contributed by atoms with Crippen LogP contribution in [0.5, 0.6) is 0 Å². The SMILES string of the molecule is C/C(=N\c1c(C(C)C)cccc1C(C)C)C1CCCC(C(C)Nc2c(C(C)C)cccc2C(C)C)S1. The van der Waals surface area contributed by atoms with Gasteiger partial charge in [-0.15, -0.1) is 11.8 Å². The quantitative estimate of drug-likeness (QED) is 0.342. The van der Waals surface area contributed by atoms with E-state index in [9.17, 15) is 0 Å². The number of hydrogen-bond donors (Lipinski definition) is 1. The molecule has 198 valence electrons. The van der Waals surface area contributed by atoms with E-state index >= 15 is 0 Å². The summed E-state index contributed by atoms with van der Waals surface area (Å²) in [5.74, 6) is 1.97. The van der Waals surface area contributed by atoms with Gasteiger partial charge < -0.3 is 5.32 Å². The monoisotopic (exact) mass is 506 g/mol. The number of anilines is 1. The lowest BCUT2D eigenvalue weighted by Crippen LogP contribution is -2.35. The van der Waals surface area contributed by atoms with Crippen molar-refractivity contribution in [2.45, 2.75) is 129 Å². The Morgan fingerprint density at radius 1 is 0.750 bits per heavy atom. The molecule has 2 aromatic carbocycles. The van der Waals surface area contributed by atoms with Crippen LogP contribution >= 0.6 is 11.8 Å². The van der Waals surface area contributed by atoms with Crippen LogP contribution in [-0.2, 0) is 0 Å². The molecule has 3 unspecified atom stereocenters. The molecule has 1 fully saturated rings. The lowest BCUT2D eigenvalue weighted by molar-refractivity contribution is 0.598. The number of rotatable bonds is 9. The Hall–Kier alpha value is -1.74. The van der Waals surface area contributed by atoms with Gasteiger partial charge in [0.2, 0.25) is 0 Å². The summed E-state index contributed by atoms with van der Waals surface area (Å²) in [5, 5.41) is 5.07. The van der Waals surface area contributed by atoms with Crippen LogP contribution in [0.2, 0.25) is 0 Å². The first-order valence-corrected chi connectivity index (χ1v) is 15.2. The summed E-state index contributed by atoms with van der Waals surface area (Å²) in [5.41, 5.74) is 9.51. The molecular weight excluding hydrogens is 456 g/mol. The molecule has 0 bridgehead atoms. The normalized spacial score (nSPS) is 20.0. The Kier molecular flexibility index (Phi) is 10.1. The van der Waals surface area contributed by atoms with Crippen LogP contribution in [-0.4, -0.2) is 22.3 Å². The molecule has 1 saturated heterocycles. The van der Waals surface area contributed by atoms with Crippen molar-refractivity contribution in [1.29, 1.82) is 0 Å². The number of benzene rings is 2.